The van der Waals surface area contributed by atoms with Crippen molar-refractivity contribution < 1.29 is 39.5 Å². The second kappa shape index (κ2) is 11.9. The minimum Gasteiger partial charge on any atom is -0.504 e. The summed E-state index contributed by atoms with van der Waals surface area (Å²) >= 11 is 0. The predicted octanol–water partition coefficient (Wildman–Crippen LogP) is 6.87. The maximum Gasteiger partial charge on any atom is 0.331 e. The van der Waals surface area contributed by atoms with Gasteiger partial charge in [-0.2, -0.15) is 0 Å². The molecule has 0 bridgehead atoms. The van der Waals surface area contributed by atoms with Crippen LogP contribution >= 0.6 is 0 Å². The molecule has 0 aliphatic heterocycles. The van der Waals surface area contributed by atoms with Crippen molar-refractivity contribution in [2.45, 2.75) is 105 Å². The summed E-state index contributed by atoms with van der Waals surface area (Å²) in [5.41, 5.74) is 0.804. The third kappa shape index (κ3) is 5.06. The van der Waals surface area contributed by atoms with Crippen molar-refractivity contribution in [3.05, 3.63) is 41.5 Å². The molecule has 4 unspecified atom stereocenters. The van der Waals surface area contributed by atoms with E-state index in [0.29, 0.717) is 30.6 Å². The van der Waals surface area contributed by atoms with Gasteiger partial charge in [0.2, 0.25) is 0 Å². The van der Waals surface area contributed by atoms with E-state index in [1.165, 1.54) is 24.8 Å². The lowest BCUT2D eigenvalue weighted by Gasteiger charge is -2.71. The smallest absolute Gasteiger partial charge is 0.331 e. The van der Waals surface area contributed by atoms with Gasteiger partial charge in [0.05, 0.1) is 25.2 Å². The summed E-state index contributed by atoms with van der Waals surface area (Å²) in [5.74, 6) is -0.786. The fraction of sp³-hybridized carbons (Fsp3) is 0.700. The molecule has 4 N–H and O–H groups in total. The molecule has 0 amide bonds. The van der Waals surface area contributed by atoms with Gasteiger partial charge in [-0.25, -0.2) is 4.79 Å². The zero-order chi connectivity index (χ0) is 35.1. The zero-order valence-corrected chi connectivity index (χ0v) is 29.9. The van der Waals surface area contributed by atoms with Gasteiger partial charge < -0.3 is 29.9 Å². The number of carboxylic acids is 1. The fourth-order valence-corrected chi connectivity index (χ4v) is 12.4. The van der Waals surface area contributed by atoms with Gasteiger partial charge in [0.1, 0.15) is 6.10 Å². The monoisotopic (exact) mass is 664 g/mol. The first-order valence-electron chi connectivity index (χ1n) is 18.0. The van der Waals surface area contributed by atoms with Crippen LogP contribution in [0.3, 0.4) is 0 Å². The number of aliphatic carboxylic acids is 1. The lowest BCUT2D eigenvalue weighted by Crippen LogP contribution is -2.68. The summed E-state index contributed by atoms with van der Waals surface area (Å²) in [6.07, 6.45) is 7.54. The first-order valence-corrected chi connectivity index (χ1v) is 18.0. The molecular formula is C40H56O8. The Morgan fingerprint density at radius 1 is 1.00 bits per heavy atom. The first-order chi connectivity index (χ1) is 22.4. The Bertz CT molecular complexity index is 1510. The summed E-state index contributed by atoms with van der Waals surface area (Å²) in [6.45, 7) is 15.7. The number of carbonyl (C=O) groups excluding carboxylic acids is 1. The number of carbonyl (C=O) groups is 2. The van der Waals surface area contributed by atoms with Crippen molar-refractivity contribution in [3.63, 3.8) is 0 Å². The Balaban J connectivity index is 1.28. The highest BCUT2D eigenvalue weighted by Gasteiger charge is 2.70. The highest BCUT2D eigenvalue weighted by atomic mass is 16.6. The Morgan fingerprint density at radius 2 is 1.71 bits per heavy atom. The van der Waals surface area contributed by atoms with Crippen LogP contribution < -0.4 is 4.74 Å². The van der Waals surface area contributed by atoms with Crippen molar-refractivity contribution in [2.24, 2.45) is 63.1 Å². The fourth-order valence-electron chi connectivity index (χ4n) is 12.4. The van der Waals surface area contributed by atoms with Crippen LogP contribution in [0.15, 0.2) is 35.9 Å². The minimum atomic E-state index is -0.846. The molecule has 5 aliphatic carbocycles. The second-order valence-electron chi connectivity index (χ2n) is 17.4. The summed E-state index contributed by atoms with van der Waals surface area (Å²) in [4.78, 5) is 25.6. The average molecular weight is 665 g/mol. The van der Waals surface area contributed by atoms with E-state index >= 15 is 0 Å². The van der Waals surface area contributed by atoms with Crippen molar-refractivity contribution in [1.82, 2.24) is 0 Å². The number of ether oxygens (including phenoxy) is 2. The van der Waals surface area contributed by atoms with Crippen LogP contribution in [0, 0.1) is 63.1 Å². The number of phenols is 1. The number of hydrogen-bond acceptors (Lipinski definition) is 7. The molecule has 5 aliphatic rings. The Morgan fingerprint density at radius 3 is 2.35 bits per heavy atom. The number of methoxy groups -OCH3 is 1. The van der Waals surface area contributed by atoms with Crippen molar-refractivity contribution >= 4 is 18.0 Å². The highest BCUT2D eigenvalue weighted by molar-refractivity contribution is 5.87. The SMILES string of the molecule is COc1ccc(/C=C/C(=O)O[C@@H]2[C@H](O)C[C@@]3(C)C(CC[C@]4(C)C3CC=C3[C@H]5C(C(O)C[C@]34C)[C@H](C(=O)O)C[C@@H](C)[C@@H]5C)C2(C)C)cc1O. The van der Waals surface area contributed by atoms with Gasteiger partial charge in [-0.3, -0.25) is 4.79 Å². The number of aromatic hydroxyl groups is 1. The molecule has 48 heavy (non-hydrogen) atoms. The molecular weight excluding hydrogens is 608 g/mol. The number of aliphatic hydroxyl groups is 2. The molecule has 6 rings (SSSR count). The predicted molar refractivity (Wildman–Crippen MR) is 183 cm³/mol. The third-order valence-electron chi connectivity index (χ3n) is 15.0. The number of rotatable bonds is 5. The molecule has 4 fully saturated rings. The molecule has 13 atom stereocenters. The topological polar surface area (TPSA) is 134 Å². The van der Waals surface area contributed by atoms with Gasteiger partial charge in [-0.15, -0.1) is 0 Å². The number of allylic oxidation sites excluding steroid dienone is 2. The van der Waals surface area contributed by atoms with Crippen LogP contribution in [0.4, 0.5) is 0 Å². The van der Waals surface area contributed by atoms with Crippen molar-refractivity contribution in [2.75, 3.05) is 7.11 Å². The molecule has 8 nitrogen and oxygen atoms in total. The normalized spacial score (nSPS) is 44.8. The standard InChI is InChI=1S/C40H56O8/c1-21-17-24(36(45)46)34-27(42)20-40(7)25(33(34)22(21)2)11-13-31-38(5)19-28(43)35(37(3,4)30(38)15-16-39(31,40)6)48-32(44)14-10-23-9-12-29(47-8)26(41)18-23/h9-12,14,18,21-22,24,27-28,30-31,33-35,41-43H,13,15-17,19-20H2,1-8H3,(H,45,46)/b14-10+/t21-,22+,24-,27?,28-,30?,31?,33+,34?,35-,38+,39-,40-/m1/s1. The molecule has 0 saturated heterocycles. The lowest BCUT2D eigenvalue weighted by molar-refractivity contribution is -0.240. The van der Waals surface area contributed by atoms with Crippen LogP contribution in [0.5, 0.6) is 11.5 Å². The van der Waals surface area contributed by atoms with Crippen LogP contribution in [0.1, 0.15) is 92.6 Å². The van der Waals surface area contributed by atoms with Crippen molar-refractivity contribution in [1.29, 1.82) is 0 Å². The van der Waals surface area contributed by atoms with Gasteiger partial charge >= 0.3 is 11.9 Å². The summed E-state index contributed by atoms with van der Waals surface area (Å²) < 4.78 is 11.1. The van der Waals surface area contributed by atoms with Gasteiger partial charge in [0.15, 0.2) is 11.5 Å². The van der Waals surface area contributed by atoms with E-state index in [1.54, 1.807) is 18.2 Å². The molecule has 0 radical (unpaired) electrons. The molecule has 8 heteroatoms. The highest BCUT2D eigenvalue weighted by Crippen LogP contribution is 2.74. The van der Waals surface area contributed by atoms with E-state index in [2.05, 4.69) is 54.5 Å². The largest absolute Gasteiger partial charge is 0.504 e. The van der Waals surface area contributed by atoms with E-state index in [1.807, 2.05) is 0 Å². The first kappa shape index (κ1) is 35.0. The number of esters is 1. The summed E-state index contributed by atoms with van der Waals surface area (Å²) in [5, 5.41) is 43.9. The Labute approximate surface area is 285 Å². The number of aliphatic hydroxyl groups excluding tert-OH is 2. The molecule has 1 aromatic carbocycles. The third-order valence-corrected chi connectivity index (χ3v) is 15.0. The maximum absolute atomic E-state index is 13.1. The maximum atomic E-state index is 13.1. The van der Waals surface area contributed by atoms with E-state index < -0.39 is 41.6 Å². The summed E-state index contributed by atoms with van der Waals surface area (Å²) in [6, 6.07) is 4.88. The number of phenolic OH excluding ortho intramolecular Hbond substituents is 1. The molecule has 1 aromatic rings. The molecule has 0 heterocycles. The number of fused-ring (bicyclic) bond motifs is 7. The summed E-state index contributed by atoms with van der Waals surface area (Å²) in [7, 11) is 1.48. The lowest BCUT2D eigenvalue weighted by atomic mass is 9.33. The second-order valence-corrected chi connectivity index (χ2v) is 17.4. The van der Waals surface area contributed by atoms with E-state index in [0.717, 1.165) is 19.3 Å². The Hall–Kier alpha value is -2.84. The molecule has 4 saturated carbocycles. The van der Waals surface area contributed by atoms with Gasteiger partial charge in [0.25, 0.3) is 0 Å². The minimum absolute atomic E-state index is 0.0196. The average Bonchev–Trinajstić information content (AvgIpc) is 3.00. The zero-order valence-electron chi connectivity index (χ0n) is 29.9. The van der Waals surface area contributed by atoms with E-state index in [-0.39, 0.29) is 57.5 Å². The molecule has 264 valence electrons. The quantitative estimate of drug-likeness (QED) is 0.152. The van der Waals surface area contributed by atoms with Crippen molar-refractivity contribution in [3.8, 4) is 11.5 Å². The van der Waals surface area contributed by atoms with Crippen LogP contribution in [-0.4, -0.2) is 57.8 Å². The van der Waals surface area contributed by atoms with E-state index in [9.17, 15) is 30.0 Å². The molecule has 0 spiro atoms. The van der Waals surface area contributed by atoms with Crippen LogP contribution in [0.25, 0.3) is 6.08 Å². The van der Waals surface area contributed by atoms with Crippen LogP contribution in [-0.2, 0) is 14.3 Å². The number of hydrogen-bond donors (Lipinski definition) is 4. The van der Waals surface area contributed by atoms with Gasteiger partial charge in [0, 0.05) is 17.4 Å². The molecule has 0 aromatic heterocycles. The van der Waals surface area contributed by atoms with Gasteiger partial charge in [-0.1, -0.05) is 66.2 Å². The number of benzene rings is 1. The van der Waals surface area contributed by atoms with Gasteiger partial charge in [-0.05, 0) is 108 Å². The van der Waals surface area contributed by atoms with Crippen LogP contribution in [0.2, 0.25) is 0 Å². The van der Waals surface area contributed by atoms with E-state index in [4.69, 9.17) is 9.47 Å². The Kier molecular flexibility index (Phi) is 8.67. The number of carboxylic acid groups (broad SMARTS) is 1.